The van der Waals surface area contributed by atoms with Crippen molar-refractivity contribution in [3.05, 3.63) is 48.0 Å². The molecule has 0 bridgehead atoms. The van der Waals surface area contributed by atoms with Gasteiger partial charge in [-0.2, -0.15) is 0 Å². The number of carbonyl (C=O) groups is 2. The van der Waals surface area contributed by atoms with Gasteiger partial charge >= 0.3 is 11.9 Å². The summed E-state index contributed by atoms with van der Waals surface area (Å²) in [7, 11) is 0. The van der Waals surface area contributed by atoms with Crippen LogP contribution in [0.1, 0.15) is 70.8 Å². The molecule has 0 heterocycles. The number of esters is 2. The van der Waals surface area contributed by atoms with Gasteiger partial charge in [-0.05, 0) is 25.3 Å². The molecule has 4 nitrogen and oxygen atoms in total. The van der Waals surface area contributed by atoms with E-state index in [1.54, 1.807) is 0 Å². The van der Waals surface area contributed by atoms with E-state index < -0.39 is 0 Å². The third-order valence-corrected chi connectivity index (χ3v) is 5.56. The molecule has 0 amide bonds. The Morgan fingerprint density at radius 2 is 1.19 bits per heavy atom. The van der Waals surface area contributed by atoms with Crippen molar-refractivity contribution in [1.82, 2.24) is 0 Å². The standard InChI is InChI=1S/C27H32O4/c1-4-6-8-17-23(28)30-26-20-14-10-11-15-21(20)27(31-24(29)18-9-7-5-2)25-19(3)13-12-16-22(25)26/h10-16H,4-9,17-18H2,1-3H3. The molecule has 0 fully saturated rings. The van der Waals surface area contributed by atoms with Crippen LogP contribution in [0.3, 0.4) is 0 Å². The molecule has 0 spiro atoms. The van der Waals surface area contributed by atoms with Crippen molar-refractivity contribution in [2.24, 2.45) is 0 Å². The first kappa shape index (κ1) is 22.8. The van der Waals surface area contributed by atoms with E-state index in [9.17, 15) is 9.59 Å². The number of ether oxygens (including phenoxy) is 2. The van der Waals surface area contributed by atoms with E-state index in [0.29, 0.717) is 24.3 Å². The van der Waals surface area contributed by atoms with Gasteiger partial charge in [0.2, 0.25) is 0 Å². The topological polar surface area (TPSA) is 52.6 Å². The number of rotatable bonds is 10. The summed E-state index contributed by atoms with van der Waals surface area (Å²) in [5.41, 5.74) is 0.975. The van der Waals surface area contributed by atoms with Gasteiger partial charge in [0, 0.05) is 34.4 Å². The second kappa shape index (κ2) is 10.9. The normalized spacial score (nSPS) is 11.1. The highest BCUT2D eigenvalue weighted by molar-refractivity contribution is 6.13. The smallest absolute Gasteiger partial charge is 0.311 e. The first-order valence-corrected chi connectivity index (χ1v) is 11.4. The summed E-state index contributed by atoms with van der Waals surface area (Å²) in [6.07, 6.45) is 6.53. The summed E-state index contributed by atoms with van der Waals surface area (Å²) in [4.78, 5) is 25.1. The minimum atomic E-state index is -0.231. The lowest BCUT2D eigenvalue weighted by atomic mass is 9.97. The summed E-state index contributed by atoms with van der Waals surface area (Å²) in [6, 6.07) is 13.5. The first-order chi connectivity index (χ1) is 15.1. The Morgan fingerprint density at radius 3 is 1.77 bits per heavy atom. The van der Waals surface area contributed by atoms with Gasteiger partial charge in [0.15, 0.2) is 0 Å². The zero-order chi connectivity index (χ0) is 22.2. The predicted molar refractivity (Wildman–Crippen MR) is 126 cm³/mol. The predicted octanol–water partition coefficient (Wildman–Crippen LogP) is 7.27. The summed E-state index contributed by atoms with van der Waals surface area (Å²) in [5, 5.41) is 3.17. The lowest BCUT2D eigenvalue weighted by Gasteiger charge is -2.17. The van der Waals surface area contributed by atoms with Crippen molar-refractivity contribution in [3.63, 3.8) is 0 Å². The Hall–Kier alpha value is -2.88. The Labute approximate surface area is 184 Å². The van der Waals surface area contributed by atoms with Crippen LogP contribution in [0.2, 0.25) is 0 Å². The molecule has 31 heavy (non-hydrogen) atoms. The maximum Gasteiger partial charge on any atom is 0.311 e. The fourth-order valence-corrected chi connectivity index (χ4v) is 3.90. The maximum absolute atomic E-state index is 12.6. The Kier molecular flexibility index (Phi) is 8.05. The number of carbonyl (C=O) groups excluding carboxylic acids is 2. The van der Waals surface area contributed by atoms with Crippen LogP contribution < -0.4 is 9.47 Å². The van der Waals surface area contributed by atoms with E-state index in [0.717, 1.165) is 65.6 Å². The van der Waals surface area contributed by atoms with E-state index >= 15 is 0 Å². The highest BCUT2D eigenvalue weighted by Crippen LogP contribution is 2.44. The highest BCUT2D eigenvalue weighted by atomic mass is 16.5. The monoisotopic (exact) mass is 420 g/mol. The van der Waals surface area contributed by atoms with Crippen LogP contribution in [0.15, 0.2) is 42.5 Å². The lowest BCUT2D eigenvalue weighted by molar-refractivity contribution is -0.135. The van der Waals surface area contributed by atoms with E-state index in [1.807, 2.05) is 49.4 Å². The molecule has 3 aromatic rings. The first-order valence-electron chi connectivity index (χ1n) is 11.4. The number of fused-ring (bicyclic) bond motifs is 2. The van der Waals surface area contributed by atoms with Gasteiger partial charge < -0.3 is 9.47 Å². The molecule has 0 aliphatic heterocycles. The van der Waals surface area contributed by atoms with E-state index in [2.05, 4.69) is 13.8 Å². The molecule has 0 atom stereocenters. The molecule has 0 aliphatic rings. The highest BCUT2D eigenvalue weighted by Gasteiger charge is 2.21. The van der Waals surface area contributed by atoms with Crippen LogP contribution in [0.5, 0.6) is 11.5 Å². The number of aryl methyl sites for hydroxylation is 1. The van der Waals surface area contributed by atoms with Crippen molar-refractivity contribution in [2.45, 2.75) is 72.1 Å². The van der Waals surface area contributed by atoms with Gasteiger partial charge in [0.1, 0.15) is 11.5 Å². The van der Waals surface area contributed by atoms with Crippen LogP contribution in [0.4, 0.5) is 0 Å². The van der Waals surface area contributed by atoms with Crippen molar-refractivity contribution >= 4 is 33.5 Å². The van der Waals surface area contributed by atoms with Crippen LogP contribution in [0.25, 0.3) is 21.5 Å². The molecule has 4 heteroatoms. The molecule has 0 saturated carbocycles. The third kappa shape index (κ3) is 5.43. The molecule has 0 aromatic heterocycles. The summed E-state index contributed by atoms with van der Waals surface area (Å²) < 4.78 is 11.8. The SMILES string of the molecule is CCCCCC(=O)Oc1c2ccccc2c(OC(=O)CCCCC)c2c(C)cccc12. The molecule has 0 unspecified atom stereocenters. The third-order valence-electron chi connectivity index (χ3n) is 5.56. The number of hydrogen-bond acceptors (Lipinski definition) is 4. The molecular formula is C27H32O4. The number of benzene rings is 3. The second-order valence-electron chi connectivity index (χ2n) is 8.06. The Morgan fingerprint density at radius 1 is 0.677 bits per heavy atom. The van der Waals surface area contributed by atoms with Crippen LogP contribution in [0, 0.1) is 6.92 Å². The van der Waals surface area contributed by atoms with Gasteiger partial charge in [-0.3, -0.25) is 9.59 Å². The van der Waals surface area contributed by atoms with E-state index in [1.165, 1.54) is 0 Å². The van der Waals surface area contributed by atoms with Crippen LogP contribution in [-0.4, -0.2) is 11.9 Å². The van der Waals surface area contributed by atoms with E-state index in [-0.39, 0.29) is 11.9 Å². The van der Waals surface area contributed by atoms with Gasteiger partial charge in [-0.25, -0.2) is 0 Å². The quantitative estimate of drug-likeness (QED) is 0.150. The molecule has 0 saturated heterocycles. The summed E-state index contributed by atoms with van der Waals surface area (Å²) in [6.45, 7) is 6.20. The zero-order valence-electron chi connectivity index (χ0n) is 18.8. The lowest BCUT2D eigenvalue weighted by Crippen LogP contribution is -2.11. The van der Waals surface area contributed by atoms with Crippen molar-refractivity contribution in [1.29, 1.82) is 0 Å². The largest absolute Gasteiger partial charge is 0.425 e. The minimum absolute atomic E-state index is 0.229. The van der Waals surface area contributed by atoms with Crippen molar-refractivity contribution < 1.29 is 19.1 Å². The second-order valence-corrected chi connectivity index (χ2v) is 8.06. The average Bonchev–Trinajstić information content (AvgIpc) is 2.76. The number of hydrogen-bond donors (Lipinski definition) is 0. The number of unbranched alkanes of at least 4 members (excludes halogenated alkanes) is 4. The molecule has 3 rings (SSSR count). The van der Waals surface area contributed by atoms with Crippen LogP contribution >= 0.6 is 0 Å². The average molecular weight is 421 g/mol. The molecule has 0 N–H and O–H groups in total. The molecule has 0 radical (unpaired) electrons. The van der Waals surface area contributed by atoms with Crippen LogP contribution in [-0.2, 0) is 9.59 Å². The van der Waals surface area contributed by atoms with Gasteiger partial charge in [0.05, 0.1) is 0 Å². The van der Waals surface area contributed by atoms with Gasteiger partial charge in [-0.15, -0.1) is 0 Å². The molecular weight excluding hydrogens is 388 g/mol. The fraction of sp³-hybridized carbons (Fsp3) is 0.407. The van der Waals surface area contributed by atoms with Gasteiger partial charge in [-0.1, -0.05) is 82.0 Å². The summed E-state index contributed by atoms with van der Waals surface area (Å²) >= 11 is 0. The van der Waals surface area contributed by atoms with Crippen molar-refractivity contribution in [3.8, 4) is 11.5 Å². The zero-order valence-corrected chi connectivity index (χ0v) is 18.8. The van der Waals surface area contributed by atoms with E-state index in [4.69, 9.17) is 9.47 Å². The summed E-state index contributed by atoms with van der Waals surface area (Å²) in [5.74, 6) is 0.635. The molecule has 3 aromatic carbocycles. The van der Waals surface area contributed by atoms with Crippen molar-refractivity contribution in [2.75, 3.05) is 0 Å². The molecule has 164 valence electrons. The maximum atomic E-state index is 12.6. The van der Waals surface area contributed by atoms with Gasteiger partial charge in [0.25, 0.3) is 0 Å². The Bertz CT molecular complexity index is 1070. The Balaban J connectivity index is 2.08. The molecule has 0 aliphatic carbocycles. The minimum Gasteiger partial charge on any atom is -0.425 e. The fourth-order valence-electron chi connectivity index (χ4n) is 3.90.